The number of carbonyl (C=O) groups is 3. The van der Waals surface area contributed by atoms with Crippen molar-refractivity contribution in [3.05, 3.63) is 11.6 Å². The fourth-order valence-electron chi connectivity index (χ4n) is 7.46. The molecule has 2 saturated heterocycles. The van der Waals surface area contributed by atoms with Gasteiger partial charge in [0.15, 0.2) is 0 Å². The van der Waals surface area contributed by atoms with E-state index in [1.807, 2.05) is 13.8 Å². The van der Waals surface area contributed by atoms with Crippen molar-refractivity contribution in [2.75, 3.05) is 40.0 Å². The highest BCUT2D eigenvalue weighted by Gasteiger charge is 2.72. The van der Waals surface area contributed by atoms with Crippen LogP contribution >= 0.6 is 0 Å². The second-order valence-corrected chi connectivity index (χ2v) is 15.0. The van der Waals surface area contributed by atoms with Crippen LogP contribution in [0, 0.1) is 11.8 Å². The Morgan fingerprint density at radius 1 is 0.979 bits per heavy atom. The van der Waals surface area contributed by atoms with Gasteiger partial charge < -0.3 is 45.0 Å². The summed E-state index contributed by atoms with van der Waals surface area (Å²) in [6.07, 6.45) is 11.1. The minimum Gasteiger partial charge on any atom is -0.447 e. The van der Waals surface area contributed by atoms with Gasteiger partial charge in [-0.15, -0.1) is 0 Å². The van der Waals surface area contributed by atoms with Crippen LogP contribution in [0.1, 0.15) is 105 Å². The SMILES string of the molecule is COC1C(OC(=O)NC(COC(=O)NCCCCCCNC(=O)CNC2CCCC2)C(C)C)CCC2(CO2)C1C1(C)OC1CC=C(C)C. The third kappa shape index (κ3) is 11.1. The smallest absolute Gasteiger partial charge is 0.407 e. The van der Waals surface area contributed by atoms with Crippen LogP contribution in [0.4, 0.5) is 9.59 Å². The molecule has 0 aromatic carbocycles. The van der Waals surface area contributed by atoms with Gasteiger partial charge in [-0.1, -0.05) is 51.2 Å². The minimum absolute atomic E-state index is 0.0133. The Morgan fingerprint density at radius 3 is 2.29 bits per heavy atom. The minimum atomic E-state index is -0.555. The Kier molecular flexibility index (Phi) is 14.4. The molecule has 7 atom stereocenters. The van der Waals surface area contributed by atoms with Crippen LogP contribution in [-0.2, 0) is 28.5 Å². The number of hydrogen-bond donors (Lipinski definition) is 4. The maximum Gasteiger partial charge on any atom is 0.407 e. The summed E-state index contributed by atoms with van der Waals surface area (Å²) in [6.45, 7) is 12.5. The molecule has 12 nitrogen and oxygen atoms in total. The lowest BCUT2D eigenvalue weighted by atomic mass is 9.68. The number of nitrogens with one attached hydrogen (secondary N) is 4. The van der Waals surface area contributed by atoms with E-state index in [1.54, 1.807) is 7.11 Å². The topological polar surface area (TPSA) is 152 Å². The van der Waals surface area contributed by atoms with E-state index in [9.17, 15) is 14.4 Å². The van der Waals surface area contributed by atoms with E-state index in [0.717, 1.165) is 38.5 Å². The molecule has 274 valence electrons. The molecule has 2 aliphatic heterocycles. The van der Waals surface area contributed by atoms with Crippen LogP contribution in [-0.4, -0.2) is 99.6 Å². The average molecular weight is 679 g/mol. The Bertz CT molecular complexity index is 1090. The van der Waals surface area contributed by atoms with Gasteiger partial charge >= 0.3 is 12.2 Å². The van der Waals surface area contributed by atoms with Crippen molar-refractivity contribution >= 4 is 18.1 Å². The lowest BCUT2D eigenvalue weighted by Crippen LogP contribution is -2.56. The number of methoxy groups -OCH3 is 1. The molecule has 1 spiro atoms. The van der Waals surface area contributed by atoms with E-state index in [1.165, 1.54) is 31.3 Å². The first kappa shape index (κ1) is 38.4. The number of amides is 3. The Morgan fingerprint density at radius 2 is 1.67 bits per heavy atom. The van der Waals surface area contributed by atoms with Crippen LogP contribution < -0.4 is 21.3 Å². The van der Waals surface area contributed by atoms with Gasteiger partial charge in [0, 0.05) is 26.2 Å². The third-order valence-corrected chi connectivity index (χ3v) is 10.6. The van der Waals surface area contributed by atoms with Gasteiger partial charge in [-0.3, -0.25) is 4.79 Å². The lowest BCUT2D eigenvalue weighted by molar-refractivity contribution is -0.120. The lowest BCUT2D eigenvalue weighted by Gasteiger charge is -2.42. The Balaban J connectivity index is 1.11. The van der Waals surface area contributed by atoms with Gasteiger partial charge in [0.25, 0.3) is 0 Å². The van der Waals surface area contributed by atoms with Crippen LogP contribution in [0.25, 0.3) is 0 Å². The molecule has 4 rings (SSSR count). The van der Waals surface area contributed by atoms with Crippen molar-refractivity contribution in [1.29, 1.82) is 0 Å². The number of alkyl carbamates (subject to hydrolysis) is 2. The first-order chi connectivity index (χ1) is 23.0. The number of rotatable bonds is 19. The molecule has 0 bridgehead atoms. The highest BCUT2D eigenvalue weighted by molar-refractivity contribution is 5.78. The Labute approximate surface area is 287 Å². The highest BCUT2D eigenvalue weighted by Crippen LogP contribution is 2.59. The Hall–Kier alpha value is -2.41. The van der Waals surface area contributed by atoms with Crippen molar-refractivity contribution in [2.24, 2.45) is 11.8 Å². The second-order valence-electron chi connectivity index (χ2n) is 15.0. The largest absolute Gasteiger partial charge is 0.447 e. The zero-order valence-electron chi connectivity index (χ0n) is 30.2. The summed E-state index contributed by atoms with van der Waals surface area (Å²) in [5, 5.41) is 12.0. The number of carbonyl (C=O) groups excluding carboxylic acids is 3. The first-order valence-electron chi connectivity index (χ1n) is 18.3. The van der Waals surface area contributed by atoms with Crippen molar-refractivity contribution in [3.63, 3.8) is 0 Å². The average Bonchev–Trinajstić information content (AvgIpc) is 3.89. The van der Waals surface area contributed by atoms with Crippen LogP contribution in [0.3, 0.4) is 0 Å². The van der Waals surface area contributed by atoms with E-state index < -0.39 is 29.9 Å². The van der Waals surface area contributed by atoms with Crippen molar-refractivity contribution in [2.45, 2.75) is 147 Å². The summed E-state index contributed by atoms with van der Waals surface area (Å²) in [4.78, 5) is 37.5. The fraction of sp³-hybridized carbons (Fsp3) is 0.861. The molecule has 0 aromatic rings. The van der Waals surface area contributed by atoms with E-state index in [2.05, 4.69) is 48.1 Å². The van der Waals surface area contributed by atoms with Crippen molar-refractivity contribution in [3.8, 4) is 0 Å². The summed E-state index contributed by atoms with van der Waals surface area (Å²) in [6, 6.07) is 0.0788. The standard InChI is InChI=1S/C36H62N4O8/c1-24(2)15-16-29-35(5,48-29)32-31(44-6)28(17-18-36(32)23-46-36)47-34(43)40-27(25(3)4)22-45-33(42)38-20-12-8-7-11-19-37-30(41)21-39-26-13-9-10-14-26/h15,25-29,31-32,39H,7-14,16-23H2,1-6H3,(H,37,41)(H,38,42)(H,40,43). The molecule has 2 heterocycles. The van der Waals surface area contributed by atoms with E-state index in [0.29, 0.717) is 38.7 Å². The third-order valence-electron chi connectivity index (χ3n) is 10.6. The van der Waals surface area contributed by atoms with Crippen LogP contribution in [0.15, 0.2) is 11.6 Å². The molecule has 0 radical (unpaired) electrons. The molecular weight excluding hydrogens is 616 g/mol. The molecule has 7 unspecified atom stereocenters. The predicted molar refractivity (Wildman–Crippen MR) is 183 cm³/mol. The molecule has 2 aliphatic carbocycles. The molecule has 12 heteroatoms. The molecule has 2 saturated carbocycles. The van der Waals surface area contributed by atoms with Crippen molar-refractivity contribution in [1.82, 2.24) is 21.3 Å². The second kappa shape index (κ2) is 18.0. The van der Waals surface area contributed by atoms with Crippen molar-refractivity contribution < 1.29 is 38.1 Å². The number of epoxide rings is 2. The molecular formula is C36H62N4O8. The van der Waals surface area contributed by atoms with Gasteiger partial charge in [-0.2, -0.15) is 0 Å². The first-order valence-corrected chi connectivity index (χ1v) is 18.3. The number of ether oxygens (including phenoxy) is 5. The normalized spacial score (nSPS) is 30.1. The summed E-state index contributed by atoms with van der Waals surface area (Å²) in [5.74, 6) is 0.0121. The number of unbranched alkanes of at least 4 members (excludes halogenated alkanes) is 3. The van der Waals surface area contributed by atoms with Gasteiger partial charge in [0.2, 0.25) is 5.91 Å². The molecule has 4 fully saturated rings. The highest BCUT2D eigenvalue weighted by atomic mass is 16.6. The maximum absolute atomic E-state index is 13.1. The van der Waals surface area contributed by atoms with E-state index in [-0.39, 0.29) is 42.2 Å². The molecule has 48 heavy (non-hydrogen) atoms. The quantitative estimate of drug-likeness (QED) is 0.0862. The summed E-state index contributed by atoms with van der Waals surface area (Å²) in [5.41, 5.74) is 0.548. The molecule has 4 aliphatic rings. The fourth-order valence-corrected chi connectivity index (χ4v) is 7.46. The molecule has 3 amide bonds. The summed E-state index contributed by atoms with van der Waals surface area (Å²) < 4.78 is 29.7. The van der Waals surface area contributed by atoms with Gasteiger partial charge in [-0.05, 0) is 71.6 Å². The zero-order chi connectivity index (χ0) is 34.7. The zero-order valence-corrected chi connectivity index (χ0v) is 30.2. The summed E-state index contributed by atoms with van der Waals surface area (Å²) in [7, 11) is 1.66. The van der Waals surface area contributed by atoms with E-state index in [4.69, 9.17) is 23.7 Å². The monoisotopic (exact) mass is 678 g/mol. The number of hydrogen-bond acceptors (Lipinski definition) is 9. The van der Waals surface area contributed by atoms with Crippen LogP contribution in [0.5, 0.6) is 0 Å². The van der Waals surface area contributed by atoms with Gasteiger partial charge in [-0.25, -0.2) is 9.59 Å². The number of allylic oxidation sites excluding steroid dienone is 1. The van der Waals surface area contributed by atoms with Crippen LogP contribution in [0.2, 0.25) is 0 Å². The molecule has 0 aromatic heterocycles. The van der Waals surface area contributed by atoms with E-state index >= 15 is 0 Å². The maximum atomic E-state index is 13.1. The molecule has 4 N–H and O–H groups in total. The summed E-state index contributed by atoms with van der Waals surface area (Å²) >= 11 is 0. The van der Waals surface area contributed by atoms with Gasteiger partial charge in [0.05, 0.1) is 31.2 Å². The predicted octanol–water partition coefficient (Wildman–Crippen LogP) is 4.75. The van der Waals surface area contributed by atoms with Gasteiger partial charge in [0.1, 0.15) is 30.0 Å².